The monoisotopic (exact) mass is 360 g/mol. The van der Waals surface area contributed by atoms with Crippen molar-refractivity contribution in [1.29, 1.82) is 0 Å². The van der Waals surface area contributed by atoms with Crippen molar-refractivity contribution in [2.75, 3.05) is 18.0 Å². The summed E-state index contributed by atoms with van der Waals surface area (Å²) < 4.78 is 13.8. The molecule has 3 rings (SSSR count). The third kappa shape index (κ3) is 4.51. The van der Waals surface area contributed by atoms with Gasteiger partial charge in [-0.2, -0.15) is 0 Å². The lowest BCUT2D eigenvalue weighted by atomic mass is 9.99. The van der Waals surface area contributed by atoms with E-state index in [-0.39, 0.29) is 10.6 Å². The van der Waals surface area contributed by atoms with Crippen LogP contribution in [0.4, 0.5) is 10.1 Å². The van der Waals surface area contributed by atoms with Crippen molar-refractivity contribution in [2.45, 2.75) is 26.3 Å². The first-order valence-corrected chi connectivity index (χ1v) is 8.98. The van der Waals surface area contributed by atoms with Crippen LogP contribution >= 0.6 is 11.6 Å². The summed E-state index contributed by atoms with van der Waals surface area (Å²) in [6.45, 7) is 4.83. The maximum Gasteiger partial charge on any atom is 0.254 e. The highest BCUT2D eigenvalue weighted by molar-refractivity contribution is 6.30. The van der Waals surface area contributed by atoms with Crippen LogP contribution < -0.4 is 10.2 Å². The summed E-state index contributed by atoms with van der Waals surface area (Å²) in [5, 5.41) is 3.02. The second-order valence-corrected chi connectivity index (χ2v) is 7.10. The summed E-state index contributed by atoms with van der Waals surface area (Å²) in [5.41, 5.74) is 2.20. The van der Waals surface area contributed by atoms with E-state index in [1.165, 1.54) is 30.7 Å². The zero-order chi connectivity index (χ0) is 17.8. The lowest BCUT2D eigenvalue weighted by Gasteiger charge is -2.32. The van der Waals surface area contributed by atoms with E-state index in [4.69, 9.17) is 11.6 Å². The first-order valence-electron chi connectivity index (χ1n) is 8.60. The normalized spacial score (nSPS) is 17.4. The molecule has 25 heavy (non-hydrogen) atoms. The van der Waals surface area contributed by atoms with Crippen molar-refractivity contribution in [3.8, 4) is 0 Å². The van der Waals surface area contributed by atoms with Gasteiger partial charge in [0.05, 0.1) is 5.56 Å². The number of nitrogens with one attached hydrogen (secondary N) is 1. The molecule has 0 aliphatic carbocycles. The van der Waals surface area contributed by atoms with Crippen LogP contribution in [0.25, 0.3) is 0 Å². The highest BCUT2D eigenvalue weighted by Gasteiger charge is 2.16. The zero-order valence-electron chi connectivity index (χ0n) is 14.3. The number of rotatable bonds is 4. The Balaban J connectivity index is 1.59. The molecule has 0 unspecified atom stereocenters. The molecule has 0 bridgehead atoms. The van der Waals surface area contributed by atoms with E-state index in [1.807, 2.05) is 12.1 Å². The Labute approximate surface area is 152 Å². The number of amides is 1. The number of piperidine rings is 1. The van der Waals surface area contributed by atoms with Crippen LogP contribution in [0, 0.1) is 11.7 Å². The van der Waals surface area contributed by atoms with E-state index >= 15 is 0 Å². The van der Waals surface area contributed by atoms with Crippen LogP contribution in [0.5, 0.6) is 0 Å². The number of halogens is 2. The van der Waals surface area contributed by atoms with Crippen molar-refractivity contribution < 1.29 is 9.18 Å². The third-order valence-electron chi connectivity index (χ3n) is 4.59. The Hall–Kier alpha value is -2.07. The first-order chi connectivity index (χ1) is 12.0. The minimum Gasteiger partial charge on any atom is -0.371 e. The summed E-state index contributed by atoms with van der Waals surface area (Å²) in [5.74, 6) is -0.329. The smallest absolute Gasteiger partial charge is 0.254 e. The molecule has 1 N–H and O–H groups in total. The van der Waals surface area contributed by atoms with Gasteiger partial charge in [0, 0.05) is 30.3 Å². The molecule has 0 saturated carbocycles. The molecule has 1 amide bonds. The van der Waals surface area contributed by atoms with E-state index in [0.717, 1.165) is 30.6 Å². The molecular formula is C20H22ClFN2O. The molecular weight excluding hydrogens is 339 g/mol. The average molecular weight is 361 g/mol. The van der Waals surface area contributed by atoms with Gasteiger partial charge < -0.3 is 10.2 Å². The van der Waals surface area contributed by atoms with Gasteiger partial charge in [-0.3, -0.25) is 4.79 Å². The lowest BCUT2D eigenvalue weighted by molar-refractivity contribution is 0.0947. The Morgan fingerprint density at radius 2 is 2.04 bits per heavy atom. The Morgan fingerprint density at radius 3 is 2.72 bits per heavy atom. The Kier molecular flexibility index (Phi) is 5.59. The van der Waals surface area contributed by atoms with Gasteiger partial charge in [-0.05, 0) is 54.7 Å². The minimum atomic E-state index is -0.612. The molecule has 0 spiro atoms. The van der Waals surface area contributed by atoms with Crippen molar-refractivity contribution in [3.05, 3.63) is 64.4 Å². The van der Waals surface area contributed by atoms with Crippen LogP contribution in [0.15, 0.2) is 42.5 Å². The summed E-state index contributed by atoms with van der Waals surface area (Å²) in [7, 11) is 0. The highest BCUT2D eigenvalue weighted by atomic mass is 35.5. The molecule has 1 heterocycles. The van der Waals surface area contributed by atoms with Gasteiger partial charge in [0.1, 0.15) is 5.82 Å². The van der Waals surface area contributed by atoms with E-state index in [2.05, 4.69) is 29.3 Å². The van der Waals surface area contributed by atoms with Gasteiger partial charge in [0.2, 0.25) is 0 Å². The number of benzene rings is 2. The molecule has 2 aromatic rings. The molecule has 0 radical (unpaired) electrons. The van der Waals surface area contributed by atoms with E-state index in [1.54, 1.807) is 0 Å². The second-order valence-electron chi connectivity index (χ2n) is 6.67. The van der Waals surface area contributed by atoms with Crippen LogP contribution in [-0.2, 0) is 6.54 Å². The van der Waals surface area contributed by atoms with Gasteiger partial charge in [-0.1, -0.05) is 30.7 Å². The van der Waals surface area contributed by atoms with Gasteiger partial charge in [0.25, 0.3) is 5.91 Å². The Morgan fingerprint density at radius 1 is 1.28 bits per heavy atom. The molecule has 1 fully saturated rings. The first kappa shape index (κ1) is 17.7. The predicted octanol–water partition coefficient (Wildman–Crippen LogP) is 4.65. The third-order valence-corrected chi connectivity index (χ3v) is 4.82. The van der Waals surface area contributed by atoms with Crippen LogP contribution in [0.1, 0.15) is 35.7 Å². The number of nitrogens with zero attached hydrogens (tertiary/aromatic N) is 1. The van der Waals surface area contributed by atoms with Gasteiger partial charge in [-0.25, -0.2) is 4.39 Å². The number of carbonyl (C=O) groups excluding carboxylic acids is 1. The fourth-order valence-corrected chi connectivity index (χ4v) is 3.36. The largest absolute Gasteiger partial charge is 0.371 e. The number of carbonyl (C=O) groups is 1. The van der Waals surface area contributed by atoms with Gasteiger partial charge in [0.15, 0.2) is 0 Å². The maximum absolute atomic E-state index is 13.8. The minimum absolute atomic E-state index is 0.00308. The topological polar surface area (TPSA) is 32.3 Å². The van der Waals surface area contributed by atoms with Crippen LogP contribution in [0.2, 0.25) is 5.02 Å². The quantitative estimate of drug-likeness (QED) is 0.861. The lowest BCUT2D eigenvalue weighted by Crippen LogP contribution is -2.34. The summed E-state index contributed by atoms with van der Waals surface area (Å²) in [4.78, 5) is 14.5. The van der Waals surface area contributed by atoms with E-state index in [9.17, 15) is 9.18 Å². The molecule has 1 saturated heterocycles. The molecule has 3 nitrogen and oxygen atoms in total. The molecule has 1 aliphatic rings. The SMILES string of the molecule is C[C@H]1CCCN(c2ccc(CNC(=O)c3ccc(Cl)cc3F)cc2)C1. The molecule has 0 aromatic heterocycles. The van der Waals surface area contributed by atoms with Crippen molar-refractivity contribution in [3.63, 3.8) is 0 Å². The Bertz CT molecular complexity index is 748. The fourth-order valence-electron chi connectivity index (χ4n) is 3.20. The fraction of sp³-hybridized carbons (Fsp3) is 0.350. The van der Waals surface area contributed by atoms with E-state index < -0.39 is 11.7 Å². The van der Waals surface area contributed by atoms with Crippen LogP contribution in [0.3, 0.4) is 0 Å². The van der Waals surface area contributed by atoms with Crippen LogP contribution in [-0.4, -0.2) is 19.0 Å². The molecule has 2 aromatic carbocycles. The number of hydrogen-bond acceptors (Lipinski definition) is 2. The predicted molar refractivity (Wildman–Crippen MR) is 99.6 cm³/mol. The highest BCUT2D eigenvalue weighted by Crippen LogP contribution is 2.23. The molecule has 5 heteroatoms. The molecule has 132 valence electrons. The summed E-state index contributed by atoms with van der Waals surface area (Å²) in [6, 6.07) is 12.2. The molecule has 1 aliphatic heterocycles. The van der Waals surface area contributed by atoms with Crippen molar-refractivity contribution in [2.24, 2.45) is 5.92 Å². The number of hydrogen-bond donors (Lipinski definition) is 1. The van der Waals surface area contributed by atoms with E-state index in [0.29, 0.717) is 6.54 Å². The maximum atomic E-state index is 13.8. The van der Waals surface area contributed by atoms with Crippen molar-refractivity contribution in [1.82, 2.24) is 5.32 Å². The standard InChI is InChI=1S/C20H22ClFN2O/c1-14-3-2-10-24(13-14)17-7-4-15(5-8-17)12-23-20(25)18-9-6-16(21)11-19(18)22/h4-9,11,14H,2-3,10,12-13H2,1H3,(H,23,25)/t14-/m0/s1. The summed E-state index contributed by atoms with van der Waals surface area (Å²) >= 11 is 5.71. The number of anilines is 1. The van der Waals surface area contributed by atoms with Crippen molar-refractivity contribution >= 4 is 23.2 Å². The zero-order valence-corrected chi connectivity index (χ0v) is 15.0. The molecule has 1 atom stereocenters. The van der Waals surface area contributed by atoms with Gasteiger partial charge in [-0.15, -0.1) is 0 Å². The summed E-state index contributed by atoms with van der Waals surface area (Å²) in [6.07, 6.45) is 2.52. The van der Waals surface area contributed by atoms with Gasteiger partial charge >= 0.3 is 0 Å². The second kappa shape index (κ2) is 7.87. The average Bonchev–Trinajstić information content (AvgIpc) is 2.60.